The molecule has 1 aromatic heterocycles. The predicted octanol–water partition coefficient (Wildman–Crippen LogP) is 1.76. The van der Waals surface area contributed by atoms with Crippen LogP contribution in [0.25, 0.3) is 0 Å². The van der Waals surface area contributed by atoms with Crippen molar-refractivity contribution < 1.29 is 4.79 Å². The number of aryl methyl sites for hydroxylation is 1. The van der Waals surface area contributed by atoms with E-state index >= 15 is 0 Å². The van der Waals surface area contributed by atoms with E-state index in [1.807, 2.05) is 12.1 Å². The standard InChI is InChI=1S/C16H20N4O.ClH/c1-11-4-2-3-5-12(11)6-9-18-16(21)15-13-10-17-8-7-14(13)19-20-15;/h2-5,17H,6-10H2,1H3,(H,18,21)(H,19,20);1H. The zero-order chi connectivity index (χ0) is 14.7. The summed E-state index contributed by atoms with van der Waals surface area (Å²) in [5.74, 6) is -0.0928. The van der Waals surface area contributed by atoms with E-state index in [0.717, 1.165) is 30.6 Å². The summed E-state index contributed by atoms with van der Waals surface area (Å²) in [6.45, 7) is 4.36. The minimum Gasteiger partial charge on any atom is -0.350 e. The third kappa shape index (κ3) is 3.48. The summed E-state index contributed by atoms with van der Waals surface area (Å²) in [6.07, 6.45) is 1.74. The van der Waals surface area contributed by atoms with Crippen molar-refractivity contribution in [1.29, 1.82) is 0 Å². The average molecular weight is 321 g/mol. The molecule has 2 heterocycles. The van der Waals surface area contributed by atoms with Gasteiger partial charge in [-0.3, -0.25) is 9.89 Å². The molecule has 5 nitrogen and oxygen atoms in total. The van der Waals surface area contributed by atoms with Crippen LogP contribution in [-0.4, -0.2) is 29.2 Å². The summed E-state index contributed by atoms with van der Waals surface area (Å²) < 4.78 is 0. The topological polar surface area (TPSA) is 69.8 Å². The number of carbonyl (C=O) groups is 1. The molecular weight excluding hydrogens is 300 g/mol. The van der Waals surface area contributed by atoms with Crippen molar-refractivity contribution in [2.75, 3.05) is 13.1 Å². The van der Waals surface area contributed by atoms with Crippen LogP contribution in [0.1, 0.15) is 32.9 Å². The zero-order valence-corrected chi connectivity index (χ0v) is 13.4. The Balaban J connectivity index is 0.00000176. The zero-order valence-electron chi connectivity index (χ0n) is 12.6. The number of H-pyrrole nitrogens is 1. The molecule has 1 aliphatic heterocycles. The van der Waals surface area contributed by atoms with Crippen molar-refractivity contribution in [2.24, 2.45) is 0 Å². The molecule has 2 aromatic rings. The number of benzene rings is 1. The maximum absolute atomic E-state index is 12.2. The van der Waals surface area contributed by atoms with Gasteiger partial charge in [0.15, 0.2) is 5.69 Å². The minimum absolute atomic E-state index is 0. The molecule has 1 aliphatic rings. The molecule has 1 aromatic carbocycles. The lowest BCUT2D eigenvalue weighted by atomic mass is 10.1. The first kappa shape index (κ1) is 16.5. The molecule has 1 amide bonds. The maximum Gasteiger partial charge on any atom is 0.272 e. The van der Waals surface area contributed by atoms with Gasteiger partial charge in [-0.2, -0.15) is 5.10 Å². The Bertz CT molecular complexity index is 653. The fourth-order valence-corrected chi connectivity index (χ4v) is 2.70. The van der Waals surface area contributed by atoms with Gasteiger partial charge in [-0.15, -0.1) is 12.4 Å². The lowest BCUT2D eigenvalue weighted by Crippen LogP contribution is -2.29. The van der Waals surface area contributed by atoms with Crippen molar-refractivity contribution in [2.45, 2.75) is 26.3 Å². The van der Waals surface area contributed by atoms with E-state index in [2.05, 4.69) is 39.9 Å². The highest BCUT2D eigenvalue weighted by Crippen LogP contribution is 2.15. The van der Waals surface area contributed by atoms with Crippen molar-refractivity contribution in [3.05, 3.63) is 52.3 Å². The molecule has 0 unspecified atom stereocenters. The highest BCUT2D eigenvalue weighted by molar-refractivity contribution is 5.94. The number of fused-ring (bicyclic) bond motifs is 1. The third-order valence-corrected chi connectivity index (χ3v) is 3.96. The van der Waals surface area contributed by atoms with Crippen LogP contribution in [0.3, 0.4) is 0 Å². The molecule has 0 radical (unpaired) electrons. The smallest absolute Gasteiger partial charge is 0.272 e. The molecule has 0 saturated heterocycles. The summed E-state index contributed by atoms with van der Waals surface area (Å²) in [5, 5.41) is 13.4. The predicted molar refractivity (Wildman–Crippen MR) is 88.5 cm³/mol. The van der Waals surface area contributed by atoms with Gasteiger partial charge in [0.25, 0.3) is 5.91 Å². The average Bonchev–Trinajstić information content (AvgIpc) is 2.93. The Hall–Kier alpha value is -1.85. The summed E-state index contributed by atoms with van der Waals surface area (Å²) in [7, 11) is 0. The van der Waals surface area contributed by atoms with Crippen LogP contribution in [0.5, 0.6) is 0 Å². The highest BCUT2D eigenvalue weighted by atomic mass is 35.5. The van der Waals surface area contributed by atoms with Gasteiger partial charge in [0.05, 0.1) is 0 Å². The minimum atomic E-state index is -0.0928. The number of aromatic nitrogens is 2. The van der Waals surface area contributed by atoms with Gasteiger partial charge in [0, 0.05) is 37.3 Å². The van der Waals surface area contributed by atoms with Gasteiger partial charge < -0.3 is 10.6 Å². The van der Waals surface area contributed by atoms with Crippen molar-refractivity contribution in [3.8, 4) is 0 Å². The van der Waals surface area contributed by atoms with E-state index in [4.69, 9.17) is 0 Å². The van der Waals surface area contributed by atoms with Gasteiger partial charge >= 0.3 is 0 Å². The molecular formula is C16H21ClN4O. The van der Waals surface area contributed by atoms with Gasteiger partial charge in [-0.05, 0) is 24.5 Å². The number of aromatic amines is 1. The fourth-order valence-electron chi connectivity index (χ4n) is 2.70. The molecule has 0 aliphatic carbocycles. The van der Waals surface area contributed by atoms with Gasteiger partial charge in [0.2, 0.25) is 0 Å². The molecule has 0 spiro atoms. The Morgan fingerprint density at radius 1 is 1.36 bits per heavy atom. The number of amides is 1. The first-order valence-corrected chi connectivity index (χ1v) is 7.35. The number of hydrogen-bond acceptors (Lipinski definition) is 3. The van der Waals surface area contributed by atoms with Gasteiger partial charge in [-0.25, -0.2) is 0 Å². The normalized spacial score (nSPS) is 13.1. The second kappa shape index (κ2) is 7.42. The van der Waals surface area contributed by atoms with Crippen molar-refractivity contribution in [1.82, 2.24) is 20.8 Å². The van der Waals surface area contributed by atoms with Crippen LogP contribution in [0.4, 0.5) is 0 Å². The molecule has 118 valence electrons. The molecule has 0 fully saturated rings. The molecule has 0 saturated carbocycles. The SMILES string of the molecule is Cc1ccccc1CCNC(=O)c1n[nH]c2c1CNCC2.Cl. The van der Waals surface area contributed by atoms with Crippen molar-refractivity contribution in [3.63, 3.8) is 0 Å². The Labute approximate surface area is 136 Å². The molecule has 22 heavy (non-hydrogen) atoms. The highest BCUT2D eigenvalue weighted by Gasteiger charge is 2.21. The number of carbonyl (C=O) groups excluding carboxylic acids is 1. The second-order valence-electron chi connectivity index (χ2n) is 5.39. The first-order chi connectivity index (χ1) is 10.3. The van der Waals surface area contributed by atoms with E-state index < -0.39 is 0 Å². The van der Waals surface area contributed by atoms with E-state index in [-0.39, 0.29) is 18.3 Å². The number of hydrogen-bond donors (Lipinski definition) is 3. The molecule has 0 bridgehead atoms. The second-order valence-corrected chi connectivity index (χ2v) is 5.39. The Kier molecular flexibility index (Phi) is 5.57. The number of rotatable bonds is 4. The van der Waals surface area contributed by atoms with Crippen LogP contribution in [-0.2, 0) is 19.4 Å². The summed E-state index contributed by atoms with van der Waals surface area (Å²) in [6, 6.07) is 8.25. The number of halogens is 1. The number of nitrogens with one attached hydrogen (secondary N) is 3. The largest absolute Gasteiger partial charge is 0.350 e. The molecule has 3 N–H and O–H groups in total. The lowest BCUT2D eigenvalue weighted by molar-refractivity contribution is 0.0948. The molecule has 6 heteroatoms. The fraction of sp³-hybridized carbons (Fsp3) is 0.375. The lowest BCUT2D eigenvalue weighted by Gasteiger charge is -2.13. The third-order valence-electron chi connectivity index (χ3n) is 3.96. The first-order valence-electron chi connectivity index (χ1n) is 7.35. The molecule has 0 atom stereocenters. The van der Waals surface area contributed by atoms with E-state index in [1.165, 1.54) is 11.1 Å². The quantitative estimate of drug-likeness (QED) is 0.804. The van der Waals surface area contributed by atoms with Gasteiger partial charge in [-0.1, -0.05) is 24.3 Å². The van der Waals surface area contributed by atoms with Crippen LogP contribution in [0, 0.1) is 6.92 Å². The summed E-state index contributed by atoms with van der Waals surface area (Å²) in [5.41, 5.74) is 5.14. The van der Waals surface area contributed by atoms with E-state index in [9.17, 15) is 4.79 Å². The van der Waals surface area contributed by atoms with Crippen LogP contribution in [0.2, 0.25) is 0 Å². The van der Waals surface area contributed by atoms with Crippen LogP contribution in [0.15, 0.2) is 24.3 Å². The van der Waals surface area contributed by atoms with E-state index in [0.29, 0.717) is 18.8 Å². The summed E-state index contributed by atoms with van der Waals surface area (Å²) in [4.78, 5) is 12.2. The molecule has 3 rings (SSSR count). The Morgan fingerprint density at radius 3 is 3.00 bits per heavy atom. The monoisotopic (exact) mass is 320 g/mol. The van der Waals surface area contributed by atoms with Gasteiger partial charge in [0.1, 0.15) is 0 Å². The Morgan fingerprint density at radius 2 is 2.18 bits per heavy atom. The maximum atomic E-state index is 12.2. The number of nitrogens with zero attached hydrogens (tertiary/aromatic N) is 1. The van der Waals surface area contributed by atoms with Crippen LogP contribution >= 0.6 is 12.4 Å². The van der Waals surface area contributed by atoms with Crippen molar-refractivity contribution >= 4 is 18.3 Å². The summed E-state index contributed by atoms with van der Waals surface area (Å²) >= 11 is 0. The van der Waals surface area contributed by atoms with E-state index in [1.54, 1.807) is 0 Å². The van der Waals surface area contributed by atoms with Crippen LogP contribution < -0.4 is 10.6 Å².